The van der Waals surface area contributed by atoms with Crippen LogP contribution in [-0.4, -0.2) is 12.2 Å². The van der Waals surface area contributed by atoms with Gasteiger partial charge in [0.05, 0.1) is 0 Å². The van der Waals surface area contributed by atoms with Gasteiger partial charge in [-0.3, -0.25) is 10.9 Å². The summed E-state index contributed by atoms with van der Waals surface area (Å²) in [7, 11) is 0. The van der Waals surface area contributed by atoms with Gasteiger partial charge in [-0.1, -0.05) is 13.8 Å². The van der Waals surface area contributed by atoms with Crippen molar-refractivity contribution in [2.24, 2.45) is 16.1 Å². The third kappa shape index (κ3) is 1.42. The fraction of sp³-hybridized carbons (Fsp3) is 0.600. The van der Waals surface area contributed by atoms with E-state index in [1.807, 2.05) is 13.8 Å². The van der Waals surface area contributed by atoms with Crippen LogP contribution in [0, 0.1) is 5.92 Å². The molecule has 4 heteroatoms. The molecular weight excluding hydrogens is 116 g/mol. The summed E-state index contributed by atoms with van der Waals surface area (Å²) in [5, 5.41) is 7.70. The summed E-state index contributed by atoms with van der Waals surface area (Å²) < 4.78 is 0. The van der Waals surface area contributed by atoms with Crippen LogP contribution in [0.4, 0.5) is 0 Å². The zero-order valence-electron chi connectivity index (χ0n) is 5.55. The Kier molecular flexibility index (Phi) is 1.67. The highest BCUT2D eigenvalue weighted by Gasteiger charge is 2.04. The maximum atomic E-state index is 3.94. The van der Waals surface area contributed by atoms with Gasteiger partial charge in [0.1, 0.15) is 12.2 Å². The summed E-state index contributed by atoms with van der Waals surface area (Å²) in [6.07, 6.45) is 1.51. The second-order valence-electron chi connectivity index (χ2n) is 2.15. The lowest BCUT2D eigenvalue weighted by atomic mass is 10.2. The fourth-order valence-electron chi connectivity index (χ4n) is 0.509. The first-order valence-corrected chi connectivity index (χ1v) is 2.91. The number of amidine groups is 1. The van der Waals surface area contributed by atoms with Crippen molar-refractivity contribution >= 4 is 12.2 Å². The smallest absolute Gasteiger partial charge is 0.145 e. The predicted molar refractivity (Wildman–Crippen MR) is 37.0 cm³/mol. The average Bonchev–Trinajstić information content (AvgIpc) is 1.90. The van der Waals surface area contributed by atoms with Crippen molar-refractivity contribution in [2.75, 3.05) is 0 Å². The summed E-state index contributed by atoms with van der Waals surface area (Å²) in [4.78, 5) is 0. The molecule has 0 bridgehead atoms. The maximum Gasteiger partial charge on any atom is 0.145 e. The largest absolute Gasteiger partial charge is 0.264 e. The first-order valence-electron chi connectivity index (χ1n) is 2.91. The van der Waals surface area contributed by atoms with Crippen molar-refractivity contribution < 1.29 is 0 Å². The highest BCUT2D eigenvalue weighted by Crippen LogP contribution is 1.93. The van der Waals surface area contributed by atoms with Gasteiger partial charge in [0.15, 0.2) is 0 Å². The van der Waals surface area contributed by atoms with Crippen molar-refractivity contribution in [1.82, 2.24) is 10.9 Å². The summed E-state index contributed by atoms with van der Waals surface area (Å²) in [5.74, 6) is 1.27. The minimum absolute atomic E-state index is 0.398. The topological polar surface area (TPSA) is 48.8 Å². The van der Waals surface area contributed by atoms with Crippen LogP contribution in [0.3, 0.4) is 0 Å². The van der Waals surface area contributed by atoms with E-state index >= 15 is 0 Å². The SMILES string of the molecule is CC(C)C1=NNC=NN1. The molecule has 1 rings (SSSR count). The van der Waals surface area contributed by atoms with Crippen LogP contribution in [-0.2, 0) is 0 Å². The van der Waals surface area contributed by atoms with Gasteiger partial charge in [0.2, 0.25) is 0 Å². The van der Waals surface area contributed by atoms with Gasteiger partial charge in [-0.25, -0.2) is 0 Å². The molecule has 1 aliphatic heterocycles. The number of hydrazone groups is 2. The van der Waals surface area contributed by atoms with Gasteiger partial charge >= 0.3 is 0 Å². The first-order chi connectivity index (χ1) is 4.30. The van der Waals surface area contributed by atoms with Crippen LogP contribution in [0.25, 0.3) is 0 Å². The normalized spacial score (nSPS) is 16.6. The van der Waals surface area contributed by atoms with Gasteiger partial charge in [-0.15, -0.1) is 0 Å². The van der Waals surface area contributed by atoms with E-state index in [9.17, 15) is 0 Å². The Morgan fingerprint density at radius 2 is 2.33 bits per heavy atom. The first kappa shape index (κ1) is 6.07. The van der Waals surface area contributed by atoms with Crippen molar-refractivity contribution in [3.05, 3.63) is 0 Å². The lowest BCUT2D eigenvalue weighted by Gasteiger charge is -2.10. The van der Waals surface area contributed by atoms with Gasteiger partial charge in [-0.2, -0.15) is 10.2 Å². The van der Waals surface area contributed by atoms with Crippen LogP contribution in [0.15, 0.2) is 10.2 Å². The van der Waals surface area contributed by atoms with E-state index in [1.54, 1.807) is 0 Å². The standard InChI is InChI=1S/C5H10N4/c1-4(2)5-8-6-3-7-9-5/h3-4H,1-2H3,(H,6,7)(H,8,9). The van der Waals surface area contributed by atoms with Crippen LogP contribution in [0.2, 0.25) is 0 Å². The molecular formula is C5H10N4. The molecule has 9 heavy (non-hydrogen) atoms. The maximum absolute atomic E-state index is 3.94. The zero-order chi connectivity index (χ0) is 6.69. The summed E-state index contributed by atoms with van der Waals surface area (Å²) in [6, 6.07) is 0. The Balaban J connectivity index is 2.50. The van der Waals surface area contributed by atoms with E-state index in [0.717, 1.165) is 5.84 Å². The molecule has 50 valence electrons. The van der Waals surface area contributed by atoms with Crippen LogP contribution in [0.5, 0.6) is 0 Å². The molecule has 0 aliphatic carbocycles. The Morgan fingerprint density at radius 3 is 2.67 bits per heavy atom. The Morgan fingerprint density at radius 1 is 1.56 bits per heavy atom. The van der Waals surface area contributed by atoms with E-state index < -0.39 is 0 Å². The van der Waals surface area contributed by atoms with Crippen LogP contribution < -0.4 is 10.9 Å². The number of nitrogens with one attached hydrogen (secondary N) is 2. The minimum atomic E-state index is 0.398. The number of rotatable bonds is 1. The molecule has 1 heterocycles. The second kappa shape index (κ2) is 2.48. The molecule has 0 fully saturated rings. The second-order valence-corrected chi connectivity index (χ2v) is 2.15. The fourth-order valence-corrected chi connectivity index (χ4v) is 0.509. The monoisotopic (exact) mass is 126 g/mol. The van der Waals surface area contributed by atoms with E-state index in [0.29, 0.717) is 5.92 Å². The number of nitrogens with zero attached hydrogens (tertiary/aromatic N) is 2. The molecule has 0 aromatic carbocycles. The highest BCUT2D eigenvalue weighted by atomic mass is 15.5. The van der Waals surface area contributed by atoms with Gasteiger partial charge in [-0.05, 0) is 0 Å². The molecule has 1 aliphatic rings. The lowest BCUT2D eigenvalue weighted by Crippen LogP contribution is -2.30. The third-order valence-electron chi connectivity index (χ3n) is 1.03. The van der Waals surface area contributed by atoms with Crippen molar-refractivity contribution in [2.45, 2.75) is 13.8 Å². The zero-order valence-corrected chi connectivity index (χ0v) is 5.55. The average molecular weight is 126 g/mol. The molecule has 0 unspecified atom stereocenters. The summed E-state index contributed by atoms with van der Waals surface area (Å²) in [5.41, 5.74) is 5.43. The van der Waals surface area contributed by atoms with Crippen molar-refractivity contribution in [3.63, 3.8) is 0 Å². The molecule has 0 aromatic rings. The molecule has 4 nitrogen and oxygen atoms in total. The van der Waals surface area contributed by atoms with E-state index in [1.165, 1.54) is 6.34 Å². The predicted octanol–water partition coefficient (Wildman–Crippen LogP) is 0.0920. The Hall–Kier alpha value is -1.06. The molecule has 0 aromatic heterocycles. The van der Waals surface area contributed by atoms with Gasteiger partial charge in [0.25, 0.3) is 0 Å². The van der Waals surface area contributed by atoms with Gasteiger partial charge in [0, 0.05) is 5.92 Å². The summed E-state index contributed by atoms with van der Waals surface area (Å²) in [6.45, 7) is 4.10. The van der Waals surface area contributed by atoms with Crippen molar-refractivity contribution in [1.29, 1.82) is 0 Å². The molecule has 0 spiro atoms. The number of hydrogen-bond donors (Lipinski definition) is 2. The Bertz CT molecular complexity index is 147. The highest BCUT2D eigenvalue weighted by molar-refractivity contribution is 5.86. The van der Waals surface area contributed by atoms with Crippen LogP contribution >= 0.6 is 0 Å². The third-order valence-corrected chi connectivity index (χ3v) is 1.03. The number of hydrogen-bond acceptors (Lipinski definition) is 4. The van der Waals surface area contributed by atoms with E-state index in [-0.39, 0.29) is 0 Å². The molecule has 0 radical (unpaired) electrons. The van der Waals surface area contributed by atoms with E-state index in [2.05, 4.69) is 21.1 Å². The molecule has 0 amide bonds. The quantitative estimate of drug-likeness (QED) is 0.523. The van der Waals surface area contributed by atoms with E-state index in [4.69, 9.17) is 0 Å². The minimum Gasteiger partial charge on any atom is -0.264 e. The molecule has 0 saturated heterocycles. The van der Waals surface area contributed by atoms with Crippen LogP contribution in [0.1, 0.15) is 13.8 Å². The van der Waals surface area contributed by atoms with Crippen molar-refractivity contribution in [3.8, 4) is 0 Å². The van der Waals surface area contributed by atoms with Gasteiger partial charge < -0.3 is 0 Å². The molecule has 0 atom stereocenters. The molecule has 0 saturated carbocycles. The molecule has 2 N–H and O–H groups in total. The Labute approximate surface area is 54.0 Å². The summed E-state index contributed by atoms with van der Waals surface area (Å²) >= 11 is 0. The lowest BCUT2D eigenvalue weighted by molar-refractivity contribution is 0.773.